The van der Waals surface area contributed by atoms with Gasteiger partial charge in [-0.25, -0.2) is 0 Å². The zero-order chi connectivity index (χ0) is 20.8. The fraction of sp³-hybridized carbons (Fsp3) is 0.269. The summed E-state index contributed by atoms with van der Waals surface area (Å²) in [4.78, 5) is 24.2. The molecule has 0 aromatic heterocycles. The van der Waals surface area contributed by atoms with Gasteiger partial charge in [-0.15, -0.1) is 0 Å². The average molecular weight is 397 g/mol. The Morgan fingerprint density at radius 2 is 1.67 bits per heavy atom. The Bertz CT molecular complexity index is 1180. The molecule has 0 spiro atoms. The summed E-state index contributed by atoms with van der Waals surface area (Å²) in [6, 6.07) is 17.0. The highest BCUT2D eigenvalue weighted by Gasteiger charge is 2.34. The number of Topliss-reactive ketones (excluding diaryl/α,β-unsaturated/α-hetero) is 1. The summed E-state index contributed by atoms with van der Waals surface area (Å²) < 4.78 is 0. The minimum absolute atomic E-state index is 0.00828. The van der Waals surface area contributed by atoms with Gasteiger partial charge < -0.3 is 0 Å². The lowest BCUT2D eigenvalue weighted by Gasteiger charge is -2.32. The summed E-state index contributed by atoms with van der Waals surface area (Å²) in [6.45, 7) is 2.08. The van der Waals surface area contributed by atoms with Crippen LogP contribution in [-0.2, 0) is 19.3 Å². The van der Waals surface area contributed by atoms with Crippen LogP contribution >= 0.6 is 0 Å². The lowest BCUT2D eigenvalue weighted by atomic mass is 9.71. The van der Waals surface area contributed by atoms with Crippen LogP contribution in [0.2, 0.25) is 0 Å². The van der Waals surface area contributed by atoms with Crippen molar-refractivity contribution in [2.24, 2.45) is 0 Å². The van der Waals surface area contributed by atoms with E-state index in [2.05, 4.69) is 37.3 Å². The first-order chi connectivity index (χ1) is 14.5. The number of aryl methyl sites for hydroxylation is 2. The van der Waals surface area contributed by atoms with Gasteiger partial charge in [0.05, 0.1) is 10.8 Å². The fourth-order valence-electron chi connectivity index (χ4n) is 5.14. The number of fused-ring (bicyclic) bond motifs is 5. The van der Waals surface area contributed by atoms with E-state index in [1.807, 2.05) is 0 Å². The number of nitro groups is 1. The number of benzene rings is 3. The molecule has 0 heterocycles. The van der Waals surface area contributed by atoms with Gasteiger partial charge in [-0.05, 0) is 84.5 Å². The first kappa shape index (κ1) is 18.7. The number of hydrogen-bond donors (Lipinski definition) is 0. The number of nitro benzene ring substituents is 1. The van der Waals surface area contributed by atoms with Gasteiger partial charge in [0.2, 0.25) is 0 Å². The van der Waals surface area contributed by atoms with E-state index in [0.717, 1.165) is 19.3 Å². The number of ketones is 1. The van der Waals surface area contributed by atoms with Crippen LogP contribution in [0.3, 0.4) is 0 Å². The Kier molecular flexibility index (Phi) is 4.50. The Morgan fingerprint density at radius 1 is 0.933 bits per heavy atom. The topological polar surface area (TPSA) is 60.2 Å². The maximum absolute atomic E-state index is 13.7. The molecule has 2 aliphatic carbocycles. The van der Waals surface area contributed by atoms with Crippen LogP contribution in [0.5, 0.6) is 0 Å². The molecule has 0 radical (unpaired) electrons. The molecule has 4 heteroatoms. The smallest absolute Gasteiger partial charge is 0.269 e. The van der Waals surface area contributed by atoms with E-state index < -0.39 is 4.92 Å². The quantitative estimate of drug-likeness (QED) is 0.311. The molecule has 30 heavy (non-hydrogen) atoms. The first-order valence-corrected chi connectivity index (χ1v) is 10.6. The highest BCUT2D eigenvalue weighted by Crippen LogP contribution is 2.45. The van der Waals surface area contributed by atoms with Crippen molar-refractivity contribution in [1.82, 2.24) is 0 Å². The number of non-ortho nitro benzene ring substituents is 1. The average Bonchev–Trinajstić information content (AvgIpc) is 2.77. The van der Waals surface area contributed by atoms with Gasteiger partial charge in [-0.1, -0.05) is 35.9 Å². The Morgan fingerprint density at radius 3 is 2.43 bits per heavy atom. The van der Waals surface area contributed by atoms with E-state index in [1.165, 1.54) is 57.5 Å². The van der Waals surface area contributed by atoms with Crippen molar-refractivity contribution in [3.63, 3.8) is 0 Å². The third-order valence-corrected chi connectivity index (χ3v) is 6.58. The normalized spacial score (nSPS) is 16.9. The highest BCUT2D eigenvalue weighted by molar-refractivity contribution is 6.03. The molecule has 0 saturated heterocycles. The van der Waals surface area contributed by atoms with Crippen LogP contribution in [0, 0.1) is 17.0 Å². The predicted octanol–water partition coefficient (Wildman–Crippen LogP) is 5.97. The van der Waals surface area contributed by atoms with Gasteiger partial charge in [0.1, 0.15) is 0 Å². The maximum Gasteiger partial charge on any atom is 0.269 e. The van der Waals surface area contributed by atoms with Gasteiger partial charge in [0, 0.05) is 17.7 Å². The van der Waals surface area contributed by atoms with Crippen LogP contribution in [0.1, 0.15) is 56.9 Å². The fourth-order valence-corrected chi connectivity index (χ4v) is 5.14. The Labute approximate surface area is 175 Å². The summed E-state index contributed by atoms with van der Waals surface area (Å²) in [6.07, 6.45) is 5.12. The molecule has 1 unspecified atom stereocenters. The van der Waals surface area contributed by atoms with Gasteiger partial charge in [0.15, 0.2) is 5.78 Å². The van der Waals surface area contributed by atoms with E-state index in [1.54, 1.807) is 12.1 Å². The van der Waals surface area contributed by atoms with Gasteiger partial charge in [-0.2, -0.15) is 0 Å². The molecule has 2 aliphatic rings. The van der Waals surface area contributed by atoms with E-state index in [-0.39, 0.29) is 17.4 Å². The van der Waals surface area contributed by atoms with Crippen molar-refractivity contribution in [1.29, 1.82) is 0 Å². The molecule has 1 atom stereocenters. The lowest BCUT2D eigenvalue weighted by Crippen LogP contribution is -2.23. The summed E-state index contributed by atoms with van der Waals surface area (Å²) >= 11 is 0. The molecule has 0 bridgehead atoms. The van der Waals surface area contributed by atoms with Crippen LogP contribution in [0.25, 0.3) is 11.1 Å². The van der Waals surface area contributed by atoms with Crippen LogP contribution in [0.15, 0.2) is 54.6 Å². The third kappa shape index (κ3) is 3.04. The van der Waals surface area contributed by atoms with Crippen molar-refractivity contribution in [3.05, 3.63) is 98.1 Å². The van der Waals surface area contributed by atoms with Gasteiger partial charge in [0.25, 0.3) is 5.69 Å². The first-order valence-electron chi connectivity index (χ1n) is 10.6. The number of rotatable bonds is 3. The van der Waals surface area contributed by atoms with E-state index in [4.69, 9.17) is 0 Å². The molecular weight excluding hydrogens is 374 g/mol. The van der Waals surface area contributed by atoms with Crippen molar-refractivity contribution in [2.75, 3.05) is 0 Å². The van der Waals surface area contributed by atoms with Crippen molar-refractivity contribution in [2.45, 2.75) is 44.9 Å². The molecule has 0 amide bonds. The van der Waals surface area contributed by atoms with E-state index >= 15 is 0 Å². The summed E-state index contributed by atoms with van der Waals surface area (Å²) in [5.74, 6) is -0.193. The van der Waals surface area contributed by atoms with Crippen LogP contribution in [0.4, 0.5) is 5.69 Å². The summed E-state index contributed by atoms with van der Waals surface area (Å²) in [5, 5.41) is 11.0. The SMILES string of the molecule is Cc1ccc2c(c1)CC(C(=O)c1ccc([N+](=O)[O-])cc1)c1c-2ccc2c1CCCC2. The summed E-state index contributed by atoms with van der Waals surface area (Å²) in [5.41, 5.74) is 9.27. The highest BCUT2D eigenvalue weighted by atomic mass is 16.6. The van der Waals surface area contributed by atoms with E-state index in [0.29, 0.717) is 12.0 Å². The molecule has 3 aromatic carbocycles. The zero-order valence-corrected chi connectivity index (χ0v) is 17.0. The van der Waals surface area contributed by atoms with Crippen LogP contribution in [-0.4, -0.2) is 10.7 Å². The second-order valence-corrected chi connectivity index (χ2v) is 8.46. The molecule has 4 nitrogen and oxygen atoms in total. The standard InChI is InChI=1S/C26H23NO3/c1-16-6-12-21-19(14-16)15-24(26(28)18-7-10-20(11-8-18)27(29)30)25-22-5-3-2-4-17(22)9-13-23(21)25/h6-14,24H,2-5,15H2,1H3. The largest absolute Gasteiger partial charge is 0.293 e. The molecule has 150 valence electrons. The molecule has 0 saturated carbocycles. The second-order valence-electron chi connectivity index (χ2n) is 8.46. The van der Waals surface area contributed by atoms with Gasteiger partial charge >= 0.3 is 0 Å². The molecule has 0 fully saturated rings. The minimum Gasteiger partial charge on any atom is -0.293 e. The predicted molar refractivity (Wildman–Crippen MR) is 117 cm³/mol. The zero-order valence-electron chi connectivity index (χ0n) is 17.0. The third-order valence-electron chi connectivity index (χ3n) is 6.58. The second kappa shape index (κ2) is 7.21. The number of hydrogen-bond acceptors (Lipinski definition) is 3. The Balaban J connectivity index is 1.66. The van der Waals surface area contributed by atoms with Crippen molar-refractivity contribution >= 4 is 11.5 Å². The summed E-state index contributed by atoms with van der Waals surface area (Å²) in [7, 11) is 0. The minimum atomic E-state index is -0.431. The molecular formula is C26H23NO3. The molecule has 3 aromatic rings. The van der Waals surface area contributed by atoms with Crippen molar-refractivity contribution < 1.29 is 9.72 Å². The van der Waals surface area contributed by atoms with E-state index in [9.17, 15) is 14.9 Å². The van der Waals surface area contributed by atoms with Crippen molar-refractivity contribution in [3.8, 4) is 11.1 Å². The lowest BCUT2D eigenvalue weighted by molar-refractivity contribution is -0.384. The number of carbonyl (C=O) groups excluding carboxylic acids is 1. The number of nitrogens with zero attached hydrogens (tertiary/aromatic N) is 1. The Hall–Kier alpha value is -3.27. The maximum atomic E-state index is 13.7. The molecule has 5 rings (SSSR count). The number of carbonyl (C=O) groups is 1. The van der Waals surface area contributed by atoms with Crippen LogP contribution < -0.4 is 0 Å². The molecule has 0 N–H and O–H groups in total. The van der Waals surface area contributed by atoms with Gasteiger partial charge in [-0.3, -0.25) is 14.9 Å². The monoisotopic (exact) mass is 397 g/mol. The molecule has 0 aliphatic heterocycles.